The van der Waals surface area contributed by atoms with Gasteiger partial charge in [-0.05, 0) is 64.6 Å². The number of rotatable bonds is 6. The molecule has 180 valence electrons. The molecule has 1 heterocycles. The molecule has 36 heavy (non-hydrogen) atoms. The van der Waals surface area contributed by atoms with Crippen LogP contribution in [0.5, 0.6) is 5.75 Å². The molecule has 0 aliphatic heterocycles. The van der Waals surface area contributed by atoms with Crippen LogP contribution in [0.15, 0.2) is 103 Å². The van der Waals surface area contributed by atoms with Gasteiger partial charge < -0.3 is 4.74 Å². The van der Waals surface area contributed by atoms with Gasteiger partial charge in [-0.2, -0.15) is 13.2 Å². The van der Waals surface area contributed by atoms with Gasteiger partial charge in [0.2, 0.25) is 0 Å². The summed E-state index contributed by atoms with van der Waals surface area (Å²) >= 11 is 6.04. The summed E-state index contributed by atoms with van der Waals surface area (Å²) in [5.41, 5.74) is 3.44. The number of nitrogens with zero attached hydrogens (tertiary/aromatic N) is 1. The number of fused-ring (bicyclic) bond motifs is 1. The van der Waals surface area contributed by atoms with Crippen LogP contribution in [0.1, 0.15) is 22.3 Å². The number of benzene rings is 4. The Labute approximate surface area is 212 Å². The Kier molecular flexibility index (Phi) is 6.66. The zero-order chi connectivity index (χ0) is 25.1. The Morgan fingerprint density at radius 2 is 1.53 bits per heavy atom. The second-order valence-corrected chi connectivity index (χ2v) is 8.90. The van der Waals surface area contributed by atoms with E-state index in [1.54, 1.807) is 24.4 Å². The first-order valence-electron chi connectivity index (χ1n) is 11.4. The van der Waals surface area contributed by atoms with Crippen molar-refractivity contribution in [2.45, 2.75) is 19.2 Å². The second-order valence-electron chi connectivity index (χ2n) is 8.46. The van der Waals surface area contributed by atoms with Crippen LogP contribution in [-0.4, -0.2) is 4.98 Å². The molecule has 4 aromatic carbocycles. The summed E-state index contributed by atoms with van der Waals surface area (Å²) in [6.07, 6.45) is -2.48. The fourth-order valence-electron chi connectivity index (χ4n) is 4.27. The third-order valence-electron chi connectivity index (χ3n) is 5.96. The number of pyridine rings is 1. The molecule has 0 radical (unpaired) electrons. The van der Waals surface area contributed by atoms with E-state index in [1.165, 1.54) is 6.07 Å². The Hall–Kier alpha value is -3.83. The van der Waals surface area contributed by atoms with Gasteiger partial charge >= 0.3 is 6.18 Å². The molecule has 0 unspecified atom stereocenters. The van der Waals surface area contributed by atoms with Crippen molar-refractivity contribution >= 4 is 22.5 Å². The van der Waals surface area contributed by atoms with Crippen molar-refractivity contribution in [1.29, 1.82) is 0 Å². The van der Waals surface area contributed by atoms with Gasteiger partial charge in [-0.25, -0.2) is 0 Å². The predicted molar refractivity (Wildman–Crippen MR) is 137 cm³/mol. The Bertz CT molecular complexity index is 1500. The average Bonchev–Trinajstić information content (AvgIpc) is 2.88. The lowest BCUT2D eigenvalue weighted by atomic mass is 9.92. The molecule has 0 atom stereocenters. The number of alkyl halides is 3. The molecule has 5 rings (SSSR count). The highest BCUT2D eigenvalue weighted by Crippen LogP contribution is 2.39. The third kappa shape index (κ3) is 5.21. The maximum absolute atomic E-state index is 13.8. The van der Waals surface area contributed by atoms with Crippen molar-refractivity contribution in [3.63, 3.8) is 0 Å². The molecule has 0 fully saturated rings. The zero-order valence-electron chi connectivity index (χ0n) is 19.1. The minimum Gasteiger partial charge on any atom is -0.489 e. The molecule has 0 amide bonds. The largest absolute Gasteiger partial charge is 0.489 e. The fraction of sp³-hybridized carbons (Fsp3) is 0.100. The van der Waals surface area contributed by atoms with Crippen LogP contribution in [0.4, 0.5) is 13.2 Å². The number of ether oxygens (including phenoxy) is 1. The summed E-state index contributed by atoms with van der Waals surface area (Å²) in [5.74, 6) is 0.630. The standard InChI is InChI=1S/C30H21ClF3NO/c31-24-14-12-20(13-15-24)16-23-18-35-29-26(10-5-11-27(29)30(32,33)34)28(23)22-8-4-9-25(17-22)36-19-21-6-2-1-3-7-21/h1-15,17-18H,16,19H2. The first-order chi connectivity index (χ1) is 17.4. The maximum Gasteiger partial charge on any atom is 0.418 e. The Balaban J connectivity index is 1.62. The Morgan fingerprint density at radius 1 is 0.778 bits per heavy atom. The number of aromatic nitrogens is 1. The number of hydrogen-bond donors (Lipinski definition) is 0. The van der Waals surface area contributed by atoms with Crippen molar-refractivity contribution in [1.82, 2.24) is 4.98 Å². The van der Waals surface area contributed by atoms with Crippen molar-refractivity contribution in [3.05, 3.63) is 131 Å². The summed E-state index contributed by atoms with van der Waals surface area (Å²) < 4.78 is 47.4. The highest BCUT2D eigenvalue weighted by atomic mass is 35.5. The summed E-state index contributed by atoms with van der Waals surface area (Å²) in [7, 11) is 0. The van der Waals surface area contributed by atoms with E-state index < -0.39 is 11.7 Å². The first-order valence-corrected chi connectivity index (χ1v) is 11.8. The molecule has 0 spiro atoms. The van der Waals surface area contributed by atoms with Crippen LogP contribution in [0, 0.1) is 0 Å². The topological polar surface area (TPSA) is 22.1 Å². The molecule has 0 saturated carbocycles. The lowest BCUT2D eigenvalue weighted by Crippen LogP contribution is -2.07. The molecular formula is C30H21ClF3NO. The number of hydrogen-bond acceptors (Lipinski definition) is 2. The van der Waals surface area contributed by atoms with E-state index in [4.69, 9.17) is 16.3 Å². The highest BCUT2D eigenvalue weighted by Gasteiger charge is 2.33. The minimum atomic E-state index is -4.51. The summed E-state index contributed by atoms with van der Waals surface area (Å²) in [4.78, 5) is 4.27. The monoisotopic (exact) mass is 503 g/mol. The smallest absolute Gasteiger partial charge is 0.418 e. The van der Waals surface area contributed by atoms with Crippen molar-refractivity contribution in [2.75, 3.05) is 0 Å². The van der Waals surface area contributed by atoms with E-state index in [0.717, 1.165) is 28.3 Å². The van der Waals surface area contributed by atoms with Crippen LogP contribution in [0.25, 0.3) is 22.0 Å². The Morgan fingerprint density at radius 3 is 2.28 bits per heavy atom. The SMILES string of the molecule is FC(F)(F)c1cccc2c(-c3cccc(OCc4ccccc4)c3)c(Cc3ccc(Cl)cc3)cnc12. The van der Waals surface area contributed by atoms with E-state index in [-0.39, 0.29) is 5.52 Å². The molecule has 0 saturated heterocycles. The van der Waals surface area contributed by atoms with Crippen molar-refractivity contribution < 1.29 is 17.9 Å². The molecule has 0 bridgehead atoms. The van der Waals surface area contributed by atoms with Gasteiger partial charge in [0.25, 0.3) is 0 Å². The van der Waals surface area contributed by atoms with Gasteiger partial charge in [-0.15, -0.1) is 0 Å². The lowest BCUT2D eigenvalue weighted by Gasteiger charge is -2.17. The van der Waals surface area contributed by atoms with Crippen molar-refractivity contribution in [2.24, 2.45) is 0 Å². The fourth-order valence-corrected chi connectivity index (χ4v) is 4.40. The molecule has 0 N–H and O–H groups in total. The highest BCUT2D eigenvalue weighted by molar-refractivity contribution is 6.30. The van der Waals surface area contributed by atoms with Gasteiger partial charge in [0, 0.05) is 16.6 Å². The van der Waals surface area contributed by atoms with Crippen LogP contribution < -0.4 is 4.74 Å². The van der Waals surface area contributed by atoms with E-state index >= 15 is 0 Å². The van der Waals surface area contributed by atoms with Crippen LogP contribution in [-0.2, 0) is 19.2 Å². The van der Waals surface area contributed by atoms with E-state index in [2.05, 4.69) is 4.98 Å². The molecule has 2 nitrogen and oxygen atoms in total. The third-order valence-corrected chi connectivity index (χ3v) is 6.21. The quantitative estimate of drug-likeness (QED) is 0.231. The maximum atomic E-state index is 13.8. The van der Waals surface area contributed by atoms with Gasteiger partial charge in [-0.3, -0.25) is 4.98 Å². The summed E-state index contributed by atoms with van der Waals surface area (Å²) in [6.45, 7) is 0.386. The molecule has 5 aromatic rings. The van der Waals surface area contributed by atoms with Gasteiger partial charge in [0.05, 0.1) is 11.1 Å². The van der Waals surface area contributed by atoms with E-state index in [9.17, 15) is 13.2 Å². The molecule has 6 heteroatoms. The summed E-state index contributed by atoms with van der Waals surface area (Å²) in [6, 6.07) is 28.8. The van der Waals surface area contributed by atoms with Crippen LogP contribution >= 0.6 is 11.6 Å². The second kappa shape index (κ2) is 10.0. The number of halogens is 4. The lowest BCUT2D eigenvalue weighted by molar-refractivity contribution is -0.136. The predicted octanol–water partition coefficient (Wildman–Crippen LogP) is 8.74. The normalized spacial score (nSPS) is 11.6. The van der Waals surface area contributed by atoms with Gasteiger partial charge in [0.15, 0.2) is 0 Å². The number of para-hydroxylation sites is 1. The van der Waals surface area contributed by atoms with Crippen molar-refractivity contribution in [3.8, 4) is 16.9 Å². The molecular weight excluding hydrogens is 483 g/mol. The van der Waals surface area contributed by atoms with E-state index in [0.29, 0.717) is 34.7 Å². The van der Waals surface area contributed by atoms with Gasteiger partial charge in [-0.1, -0.05) is 78.3 Å². The van der Waals surface area contributed by atoms with Crippen LogP contribution in [0.3, 0.4) is 0 Å². The first kappa shape index (κ1) is 23.9. The van der Waals surface area contributed by atoms with Crippen LogP contribution in [0.2, 0.25) is 5.02 Å². The molecule has 0 aliphatic carbocycles. The van der Waals surface area contributed by atoms with Gasteiger partial charge in [0.1, 0.15) is 12.4 Å². The molecule has 1 aromatic heterocycles. The van der Waals surface area contributed by atoms with E-state index in [1.807, 2.05) is 66.7 Å². The summed E-state index contributed by atoms with van der Waals surface area (Å²) in [5, 5.41) is 1.06. The average molecular weight is 504 g/mol. The minimum absolute atomic E-state index is 0.0736. The molecule has 0 aliphatic rings. The zero-order valence-corrected chi connectivity index (χ0v) is 19.9.